The second-order valence-corrected chi connectivity index (χ2v) is 9.67. The fraction of sp³-hybridized carbons (Fsp3) is 0.818. The molecule has 3 fully saturated rings. The summed E-state index contributed by atoms with van der Waals surface area (Å²) >= 11 is 0. The quantitative estimate of drug-likeness (QED) is 0.535. The van der Waals surface area contributed by atoms with E-state index in [1.807, 2.05) is 0 Å². The van der Waals surface area contributed by atoms with Gasteiger partial charge in [0.2, 0.25) is 0 Å². The molecule has 2 unspecified atom stereocenters. The number of hydrogen-bond donors (Lipinski definition) is 0. The highest BCUT2D eigenvalue weighted by atomic mass is 16.1. The minimum atomic E-state index is -0.0233. The molecule has 0 bridgehead atoms. The Morgan fingerprint density at radius 2 is 1.75 bits per heavy atom. The van der Waals surface area contributed by atoms with Crippen LogP contribution in [0.4, 0.5) is 0 Å². The van der Waals surface area contributed by atoms with Gasteiger partial charge in [-0.2, -0.15) is 0 Å². The Hall–Kier alpha value is -0.920. The fourth-order valence-electron chi connectivity index (χ4n) is 6.65. The highest BCUT2D eigenvalue weighted by Crippen LogP contribution is 2.63. The number of aldehydes is 2. The van der Waals surface area contributed by atoms with Crippen molar-refractivity contribution in [3.63, 3.8) is 0 Å². The normalized spacial score (nSPS) is 51.9. The molecule has 2 heteroatoms. The maximum Gasteiger partial charge on any atom is 0.123 e. The SMILES string of the molecule is C=C1CCC2[C@H](C=O)C([C@@]3(C)C[C@@H](C)[C@@H](C)C[C@@H]3C=O)CC[C@]12C. The minimum Gasteiger partial charge on any atom is -0.303 e. The van der Waals surface area contributed by atoms with E-state index in [1.54, 1.807) is 0 Å². The van der Waals surface area contributed by atoms with Crippen LogP contribution in [-0.2, 0) is 9.59 Å². The molecule has 0 N–H and O–H groups in total. The summed E-state index contributed by atoms with van der Waals surface area (Å²) in [6.45, 7) is 13.5. The van der Waals surface area contributed by atoms with Crippen molar-refractivity contribution in [1.29, 1.82) is 0 Å². The predicted molar refractivity (Wildman–Crippen MR) is 97.5 cm³/mol. The fourth-order valence-corrected chi connectivity index (χ4v) is 6.65. The average molecular weight is 331 g/mol. The molecule has 0 aromatic rings. The summed E-state index contributed by atoms with van der Waals surface area (Å²) in [5.74, 6) is 2.21. The molecule has 0 heterocycles. The van der Waals surface area contributed by atoms with Crippen LogP contribution < -0.4 is 0 Å². The van der Waals surface area contributed by atoms with Gasteiger partial charge in [0, 0.05) is 11.8 Å². The summed E-state index contributed by atoms with van der Waals surface area (Å²) in [6, 6.07) is 0. The van der Waals surface area contributed by atoms with E-state index in [0.717, 1.165) is 38.5 Å². The predicted octanol–water partition coefficient (Wildman–Crippen LogP) is 5.07. The van der Waals surface area contributed by atoms with Crippen molar-refractivity contribution in [3.8, 4) is 0 Å². The van der Waals surface area contributed by atoms with Gasteiger partial charge in [0.05, 0.1) is 0 Å². The van der Waals surface area contributed by atoms with Crippen molar-refractivity contribution in [2.24, 2.45) is 46.3 Å². The van der Waals surface area contributed by atoms with E-state index in [2.05, 4.69) is 34.3 Å². The Labute approximate surface area is 147 Å². The summed E-state index contributed by atoms with van der Waals surface area (Å²) < 4.78 is 0. The molecule has 8 atom stereocenters. The molecule has 2 nitrogen and oxygen atoms in total. The molecule has 3 rings (SSSR count). The highest BCUT2D eigenvalue weighted by Gasteiger charge is 2.57. The molecule has 3 aliphatic carbocycles. The lowest BCUT2D eigenvalue weighted by molar-refractivity contribution is -0.135. The molecular weight excluding hydrogens is 296 g/mol. The van der Waals surface area contributed by atoms with Crippen LogP contribution in [0.25, 0.3) is 0 Å². The van der Waals surface area contributed by atoms with Gasteiger partial charge in [0.15, 0.2) is 0 Å². The number of carbonyl (C=O) groups excluding carboxylic acids is 2. The smallest absolute Gasteiger partial charge is 0.123 e. The summed E-state index contributed by atoms with van der Waals surface area (Å²) in [4.78, 5) is 24.1. The maximum absolute atomic E-state index is 12.2. The van der Waals surface area contributed by atoms with Gasteiger partial charge in [-0.3, -0.25) is 0 Å². The zero-order valence-corrected chi connectivity index (χ0v) is 15.9. The Morgan fingerprint density at radius 1 is 1.04 bits per heavy atom. The first-order valence-electron chi connectivity index (χ1n) is 9.86. The molecule has 0 spiro atoms. The summed E-state index contributed by atoms with van der Waals surface area (Å²) in [5, 5.41) is 0. The number of rotatable bonds is 3. The zero-order valence-electron chi connectivity index (χ0n) is 15.9. The third-order valence-electron chi connectivity index (χ3n) is 8.66. The Bertz CT molecular complexity index is 538. The zero-order chi connectivity index (χ0) is 17.7. The van der Waals surface area contributed by atoms with Gasteiger partial charge in [-0.05, 0) is 73.0 Å². The standard InChI is InChI=1S/C22H34O2/c1-14-10-17(12-23)22(5,11-15(14)2)20-8-9-21(4)16(3)6-7-19(21)18(20)13-24/h12-15,17-20H,3,6-11H2,1-2,4-5H3/t14-,15+,17+,18-,19?,20?,21+,22-/m0/s1. The van der Waals surface area contributed by atoms with Crippen molar-refractivity contribution in [2.75, 3.05) is 0 Å². The van der Waals surface area contributed by atoms with Gasteiger partial charge < -0.3 is 9.59 Å². The number of carbonyl (C=O) groups is 2. The Balaban J connectivity index is 1.94. The molecule has 0 radical (unpaired) electrons. The summed E-state index contributed by atoms with van der Waals surface area (Å²) in [7, 11) is 0. The van der Waals surface area contributed by atoms with Crippen LogP contribution in [0, 0.1) is 46.3 Å². The lowest BCUT2D eigenvalue weighted by Gasteiger charge is -2.55. The average Bonchev–Trinajstić information content (AvgIpc) is 2.85. The van der Waals surface area contributed by atoms with Gasteiger partial charge in [-0.15, -0.1) is 0 Å². The molecule has 0 aromatic carbocycles. The van der Waals surface area contributed by atoms with E-state index < -0.39 is 0 Å². The third-order valence-corrected chi connectivity index (χ3v) is 8.66. The molecule has 3 aliphatic rings. The van der Waals surface area contributed by atoms with Crippen molar-refractivity contribution in [3.05, 3.63) is 12.2 Å². The van der Waals surface area contributed by atoms with Crippen molar-refractivity contribution in [1.82, 2.24) is 0 Å². The van der Waals surface area contributed by atoms with Gasteiger partial charge in [-0.1, -0.05) is 39.8 Å². The molecule has 0 aliphatic heterocycles. The molecule has 24 heavy (non-hydrogen) atoms. The number of fused-ring (bicyclic) bond motifs is 1. The van der Waals surface area contributed by atoms with E-state index in [-0.39, 0.29) is 22.7 Å². The first kappa shape index (κ1) is 17.9. The van der Waals surface area contributed by atoms with Crippen LogP contribution in [0.3, 0.4) is 0 Å². The third kappa shape index (κ3) is 2.44. The number of hydrogen-bond acceptors (Lipinski definition) is 2. The van der Waals surface area contributed by atoms with E-state index in [0.29, 0.717) is 23.7 Å². The molecule has 0 aromatic heterocycles. The first-order valence-corrected chi connectivity index (χ1v) is 9.86. The monoisotopic (exact) mass is 330 g/mol. The van der Waals surface area contributed by atoms with Crippen molar-refractivity contribution >= 4 is 12.6 Å². The van der Waals surface area contributed by atoms with Crippen LogP contribution in [0.15, 0.2) is 12.2 Å². The molecule has 134 valence electrons. The van der Waals surface area contributed by atoms with E-state index in [9.17, 15) is 9.59 Å². The molecule has 0 amide bonds. The van der Waals surface area contributed by atoms with Crippen LogP contribution in [-0.4, -0.2) is 12.6 Å². The summed E-state index contributed by atoms with van der Waals surface area (Å²) in [6.07, 6.45) is 8.87. The largest absolute Gasteiger partial charge is 0.303 e. The molecule has 0 saturated heterocycles. The van der Waals surface area contributed by atoms with E-state index in [4.69, 9.17) is 0 Å². The van der Waals surface area contributed by atoms with E-state index in [1.165, 1.54) is 18.1 Å². The topological polar surface area (TPSA) is 34.1 Å². The van der Waals surface area contributed by atoms with E-state index >= 15 is 0 Å². The van der Waals surface area contributed by atoms with Gasteiger partial charge in [0.25, 0.3) is 0 Å². The minimum absolute atomic E-state index is 0.0233. The molecular formula is C22H34O2. The maximum atomic E-state index is 12.2. The van der Waals surface area contributed by atoms with Crippen LogP contribution in [0.1, 0.15) is 66.2 Å². The van der Waals surface area contributed by atoms with Crippen LogP contribution in [0.2, 0.25) is 0 Å². The van der Waals surface area contributed by atoms with Gasteiger partial charge in [0.1, 0.15) is 12.6 Å². The van der Waals surface area contributed by atoms with Gasteiger partial charge in [-0.25, -0.2) is 0 Å². The van der Waals surface area contributed by atoms with Crippen molar-refractivity contribution < 1.29 is 9.59 Å². The van der Waals surface area contributed by atoms with Crippen molar-refractivity contribution in [2.45, 2.75) is 66.2 Å². The lowest BCUT2D eigenvalue weighted by Crippen LogP contribution is -2.51. The van der Waals surface area contributed by atoms with Gasteiger partial charge >= 0.3 is 0 Å². The summed E-state index contributed by atoms with van der Waals surface area (Å²) in [5.41, 5.74) is 1.47. The van der Waals surface area contributed by atoms with Crippen LogP contribution >= 0.6 is 0 Å². The second kappa shape index (κ2) is 6.11. The number of allylic oxidation sites excluding steroid dienone is 1. The van der Waals surface area contributed by atoms with Crippen LogP contribution in [0.5, 0.6) is 0 Å². The lowest BCUT2D eigenvalue weighted by atomic mass is 9.48. The molecule has 3 saturated carbocycles. The first-order chi connectivity index (χ1) is 11.3. The highest BCUT2D eigenvalue weighted by molar-refractivity contribution is 5.59. The Kier molecular flexibility index (Phi) is 4.55. The Morgan fingerprint density at radius 3 is 2.38 bits per heavy atom. The second-order valence-electron chi connectivity index (χ2n) is 9.67.